The van der Waals surface area contributed by atoms with Gasteiger partial charge < -0.3 is 10.2 Å². The molecule has 4 heterocycles. The lowest BCUT2D eigenvalue weighted by molar-refractivity contribution is -0.138. The predicted octanol–water partition coefficient (Wildman–Crippen LogP) is 3.20. The van der Waals surface area contributed by atoms with Gasteiger partial charge in [-0.2, -0.15) is 4.31 Å². The fourth-order valence-electron chi connectivity index (χ4n) is 5.30. The molecule has 2 aliphatic rings. The second-order valence-electron chi connectivity index (χ2n) is 10.2. The van der Waals surface area contributed by atoms with E-state index in [1.165, 1.54) is 32.8 Å². The van der Waals surface area contributed by atoms with Crippen LogP contribution in [0.2, 0.25) is 0 Å². The summed E-state index contributed by atoms with van der Waals surface area (Å²) in [5, 5.41) is 2.77. The van der Waals surface area contributed by atoms with Gasteiger partial charge in [0.05, 0.1) is 17.5 Å². The van der Waals surface area contributed by atoms with Crippen molar-refractivity contribution in [2.75, 3.05) is 13.1 Å². The van der Waals surface area contributed by atoms with Gasteiger partial charge in [-0.1, -0.05) is 50.2 Å². The van der Waals surface area contributed by atoms with Gasteiger partial charge >= 0.3 is 0 Å². The number of nitrogens with one attached hydrogen (secondary N) is 1. The minimum absolute atomic E-state index is 0.0983. The number of Topliss-reactive ketones (excluding diaryl/α,β-unsaturated/α-hetero) is 1. The number of hydrogen-bond donors (Lipinski definition) is 1. The SMILES string of the molecule is CC(C)CC(NC(=O)c1ccc(-c2ccccc2)s1)C(=O)N1CCC2C1C(=O)CN2S(=O)(=O)c1ccccn1. The van der Waals surface area contributed by atoms with Gasteiger partial charge in [-0.3, -0.25) is 14.4 Å². The molecule has 2 saturated heterocycles. The number of ketones is 1. The molecule has 5 rings (SSSR count). The van der Waals surface area contributed by atoms with Crippen LogP contribution in [0.25, 0.3) is 10.4 Å². The molecule has 0 spiro atoms. The molecular weight excluding hydrogens is 536 g/mol. The van der Waals surface area contributed by atoms with Crippen LogP contribution in [0, 0.1) is 5.92 Å². The number of carbonyl (C=O) groups is 3. The molecule has 2 amide bonds. The second kappa shape index (κ2) is 11.0. The molecule has 1 aromatic carbocycles. The highest BCUT2D eigenvalue weighted by Gasteiger charge is 2.54. The standard InChI is InChI=1S/C28H30N4O5S2/c1-18(2)16-20(30-27(34)24-12-11-23(38-24)19-8-4-3-5-9-19)28(35)31-15-13-21-26(31)22(33)17-32(21)39(36,37)25-10-6-7-14-29-25/h3-12,14,18,20-21,26H,13,15-17H2,1-2H3,(H,30,34). The molecule has 0 bridgehead atoms. The molecule has 3 unspecified atom stereocenters. The third-order valence-corrected chi connectivity index (χ3v) is 9.99. The Labute approximate surface area is 231 Å². The number of sulfonamides is 1. The average Bonchev–Trinajstić information content (AvgIpc) is 3.66. The summed E-state index contributed by atoms with van der Waals surface area (Å²) in [5.74, 6) is -0.948. The highest BCUT2D eigenvalue weighted by atomic mass is 32.2. The van der Waals surface area contributed by atoms with Crippen LogP contribution >= 0.6 is 11.3 Å². The van der Waals surface area contributed by atoms with E-state index in [1.54, 1.807) is 18.2 Å². The van der Waals surface area contributed by atoms with Crippen LogP contribution < -0.4 is 5.32 Å². The molecule has 9 nitrogen and oxygen atoms in total. The van der Waals surface area contributed by atoms with E-state index in [9.17, 15) is 22.8 Å². The Morgan fingerprint density at radius 1 is 1.08 bits per heavy atom. The molecule has 3 atom stereocenters. The molecule has 204 valence electrons. The van der Waals surface area contributed by atoms with Gasteiger partial charge in [0.15, 0.2) is 10.8 Å². The molecule has 2 aliphatic heterocycles. The van der Waals surface area contributed by atoms with Crippen molar-refractivity contribution in [2.45, 2.75) is 49.8 Å². The molecule has 2 fully saturated rings. The largest absolute Gasteiger partial charge is 0.340 e. The number of amides is 2. The normalized spacial score (nSPS) is 20.3. The number of fused-ring (bicyclic) bond motifs is 1. The zero-order valence-corrected chi connectivity index (χ0v) is 23.3. The third kappa shape index (κ3) is 5.39. The van der Waals surface area contributed by atoms with Crippen LogP contribution in [0.3, 0.4) is 0 Å². The van der Waals surface area contributed by atoms with Crippen molar-refractivity contribution in [1.82, 2.24) is 19.5 Å². The summed E-state index contributed by atoms with van der Waals surface area (Å²) in [5.41, 5.74) is 1.00. The summed E-state index contributed by atoms with van der Waals surface area (Å²) < 4.78 is 27.6. The van der Waals surface area contributed by atoms with Gasteiger partial charge in [0, 0.05) is 17.6 Å². The van der Waals surface area contributed by atoms with E-state index < -0.39 is 28.1 Å². The molecule has 2 aromatic heterocycles. The first kappa shape index (κ1) is 27.2. The smallest absolute Gasteiger partial charge is 0.262 e. The van der Waals surface area contributed by atoms with Crippen molar-refractivity contribution >= 4 is 39.0 Å². The van der Waals surface area contributed by atoms with Crippen LogP contribution in [-0.2, 0) is 19.6 Å². The van der Waals surface area contributed by atoms with E-state index in [0.717, 1.165) is 10.4 Å². The molecule has 0 aliphatic carbocycles. The maximum atomic E-state index is 13.8. The molecule has 39 heavy (non-hydrogen) atoms. The molecule has 11 heteroatoms. The lowest BCUT2D eigenvalue weighted by Gasteiger charge is -2.29. The van der Waals surface area contributed by atoms with Crippen LogP contribution in [0.5, 0.6) is 0 Å². The van der Waals surface area contributed by atoms with E-state index in [-0.39, 0.29) is 41.6 Å². The Kier molecular flexibility index (Phi) is 7.66. The van der Waals surface area contributed by atoms with E-state index in [1.807, 2.05) is 50.2 Å². The first-order valence-corrected chi connectivity index (χ1v) is 15.1. The van der Waals surface area contributed by atoms with E-state index in [0.29, 0.717) is 17.7 Å². The highest BCUT2D eigenvalue weighted by molar-refractivity contribution is 7.89. The fraction of sp³-hybridized carbons (Fsp3) is 0.357. The lowest BCUT2D eigenvalue weighted by atomic mass is 10.0. The van der Waals surface area contributed by atoms with Crippen LogP contribution in [0.1, 0.15) is 36.4 Å². The monoisotopic (exact) mass is 566 g/mol. The third-order valence-electron chi connectivity index (χ3n) is 7.07. The zero-order chi connectivity index (χ0) is 27.7. The van der Waals surface area contributed by atoms with Crippen LogP contribution in [0.4, 0.5) is 0 Å². The summed E-state index contributed by atoms with van der Waals surface area (Å²) in [4.78, 5) is 46.9. The van der Waals surface area contributed by atoms with Crippen molar-refractivity contribution in [2.24, 2.45) is 5.92 Å². The molecule has 0 saturated carbocycles. The van der Waals surface area contributed by atoms with Crippen molar-refractivity contribution in [3.8, 4) is 10.4 Å². The number of nitrogens with zero attached hydrogens (tertiary/aromatic N) is 3. The first-order chi connectivity index (χ1) is 18.7. The zero-order valence-electron chi connectivity index (χ0n) is 21.7. The summed E-state index contributed by atoms with van der Waals surface area (Å²) in [6, 6.07) is 15.6. The van der Waals surface area contributed by atoms with Crippen LogP contribution in [-0.4, -0.2) is 71.4 Å². The Hall–Kier alpha value is -3.41. The van der Waals surface area contributed by atoms with Gasteiger partial charge in [-0.15, -0.1) is 11.3 Å². The Balaban J connectivity index is 1.33. The number of likely N-dealkylation sites (tertiary alicyclic amines) is 1. The van der Waals surface area contributed by atoms with Gasteiger partial charge in [0.25, 0.3) is 15.9 Å². The number of pyridine rings is 1. The number of thiophene rings is 1. The second-order valence-corrected chi connectivity index (χ2v) is 13.1. The highest BCUT2D eigenvalue weighted by Crippen LogP contribution is 2.34. The molecule has 3 aromatic rings. The minimum Gasteiger partial charge on any atom is -0.340 e. The maximum absolute atomic E-state index is 13.8. The quantitative estimate of drug-likeness (QED) is 0.448. The van der Waals surface area contributed by atoms with Gasteiger partial charge in [0.1, 0.15) is 12.1 Å². The van der Waals surface area contributed by atoms with Crippen molar-refractivity contribution < 1.29 is 22.8 Å². The summed E-state index contributed by atoms with van der Waals surface area (Å²) in [7, 11) is -3.99. The van der Waals surface area contributed by atoms with E-state index in [4.69, 9.17) is 0 Å². The summed E-state index contributed by atoms with van der Waals surface area (Å²) in [6.45, 7) is 3.84. The van der Waals surface area contributed by atoms with Gasteiger partial charge in [0.2, 0.25) is 5.91 Å². The number of carbonyl (C=O) groups excluding carboxylic acids is 3. The van der Waals surface area contributed by atoms with Crippen molar-refractivity contribution in [1.29, 1.82) is 0 Å². The van der Waals surface area contributed by atoms with Gasteiger partial charge in [-0.05, 0) is 48.6 Å². The Bertz CT molecular complexity index is 1470. The summed E-state index contributed by atoms with van der Waals surface area (Å²) in [6.07, 6.45) is 2.11. The molecule has 0 radical (unpaired) electrons. The topological polar surface area (TPSA) is 117 Å². The lowest BCUT2D eigenvalue weighted by Crippen LogP contribution is -2.52. The van der Waals surface area contributed by atoms with E-state index >= 15 is 0 Å². The van der Waals surface area contributed by atoms with Crippen molar-refractivity contribution in [3.63, 3.8) is 0 Å². The molecule has 1 N–H and O–H groups in total. The van der Waals surface area contributed by atoms with E-state index in [2.05, 4.69) is 10.3 Å². The number of aromatic nitrogens is 1. The maximum Gasteiger partial charge on any atom is 0.262 e. The van der Waals surface area contributed by atoms with Crippen molar-refractivity contribution in [3.05, 3.63) is 71.7 Å². The van der Waals surface area contributed by atoms with Gasteiger partial charge in [-0.25, -0.2) is 13.4 Å². The number of rotatable bonds is 8. The summed E-state index contributed by atoms with van der Waals surface area (Å²) >= 11 is 1.35. The number of hydrogen-bond acceptors (Lipinski definition) is 7. The Morgan fingerprint density at radius 2 is 1.82 bits per heavy atom. The molecular formula is C28H30N4O5S2. The average molecular weight is 567 g/mol. The fourth-order valence-corrected chi connectivity index (χ4v) is 7.77. The van der Waals surface area contributed by atoms with Crippen LogP contribution in [0.15, 0.2) is 71.9 Å². The predicted molar refractivity (Wildman–Crippen MR) is 148 cm³/mol. The Morgan fingerprint density at radius 3 is 2.51 bits per heavy atom. The minimum atomic E-state index is -3.99. The first-order valence-electron chi connectivity index (χ1n) is 12.9. The number of benzene rings is 1.